The van der Waals surface area contributed by atoms with Crippen LogP contribution in [0.25, 0.3) is 17.5 Å². The van der Waals surface area contributed by atoms with E-state index in [2.05, 4.69) is 60.0 Å². The van der Waals surface area contributed by atoms with Gasteiger partial charge in [0.1, 0.15) is 5.82 Å². The second-order valence-corrected chi connectivity index (χ2v) is 8.73. The molecular weight excluding hydrogens is 363 g/mol. The molecule has 0 bridgehead atoms. The highest BCUT2D eigenvalue weighted by Gasteiger charge is 2.27. The molecule has 28 heavy (non-hydrogen) atoms. The molecule has 0 amide bonds. The molecule has 0 radical (unpaired) electrons. The Kier molecular flexibility index (Phi) is 5.61. The number of imidazole rings is 1. The molecular formula is C23H27N4P. The highest BCUT2D eigenvalue weighted by atomic mass is 31.1. The number of benzene rings is 2. The highest BCUT2D eigenvalue weighted by molar-refractivity contribution is 7.55. The molecule has 1 atom stereocenters. The Morgan fingerprint density at radius 2 is 1.93 bits per heavy atom. The van der Waals surface area contributed by atoms with Gasteiger partial charge in [-0.1, -0.05) is 63.5 Å². The molecule has 0 saturated heterocycles. The van der Waals surface area contributed by atoms with Gasteiger partial charge in [0.2, 0.25) is 0 Å². The van der Waals surface area contributed by atoms with Crippen molar-refractivity contribution in [3.05, 3.63) is 71.8 Å². The first-order valence-corrected chi connectivity index (χ1v) is 10.8. The zero-order valence-electron chi connectivity index (χ0n) is 16.2. The second-order valence-electron chi connectivity index (χ2n) is 7.33. The van der Waals surface area contributed by atoms with E-state index < -0.39 is 0 Å². The summed E-state index contributed by atoms with van der Waals surface area (Å²) in [6, 6.07) is 17.3. The summed E-state index contributed by atoms with van der Waals surface area (Å²) >= 11 is 0. The Balaban J connectivity index is 1.72. The maximum atomic E-state index is 6.14. The van der Waals surface area contributed by atoms with Gasteiger partial charge in [-0.3, -0.25) is 0 Å². The van der Waals surface area contributed by atoms with Gasteiger partial charge in [-0.05, 0) is 35.9 Å². The standard InChI is InChI=1S/C23H27N4P/c1-16-14-19(28-18-8-3-2-4-9-18)10-11-20(16)22-21(15-25)27(13-12-24)23(26-22)17-6-5-7-17/h2-4,8-14,17,28H,5-7,15,24-25H2,1H3/b13-12-. The van der Waals surface area contributed by atoms with Gasteiger partial charge in [-0.2, -0.15) is 0 Å². The SMILES string of the molecule is Cc1cc(Pc2ccccc2)ccc1-c1nc(C2CCC2)n(/C=C\N)c1CN. The van der Waals surface area contributed by atoms with Crippen molar-refractivity contribution in [1.82, 2.24) is 9.55 Å². The van der Waals surface area contributed by atoms with Gasteiger partial charge in [0.15, 0.2) is 0 Å². The van der Waals surface area contributed by atoms with Crippen molar-refractivity contribution in [1.29, 1.82) is 0 Å². The Morgan fingerprint density at radius 3 is 2.54 bits per heavy atom. The molecule has 1 unspecified atom stereocenters. The Labute approximate surface area is 168 Å². The summed E-state index contributed by atoms with van der Waals surface area (Å²) in [5.74, 6) is 1.60. The molecule has 4 nitrogen and oxygen atoms in total. The zero-order valence-corrected chi connectivity index (χ0v) is 17.2. The first-order chi connectivity index (χ1) is 13.7. The summed E-state index contributed by atoms with van der Waals surface area (Å²) in [4.78, 5) is 5.04. The van der Waals surface area contributed by atoms with E-state index in [4.69, 9.17) is 16.5 Å². The minimum absolute atomic E-state index is 0.437. The van der Waals surface area contributed by atoms with Gasteiger partial charge in [0.05, 0.1) is 11.4 Å². The van der Waals surface area contributed by atoms with Crippen LogP contribution in [0.2, 0.25) is 0 Å². The van der Waals surface area contributed by atoms with Crippen molar-refractivity contribution in [2.24, 2.45) is 11.5 Å². The predicted molar refractivity (Wildman–Crippen MR) is 120 cm³/mol. The van der Waals surface area contributed by atoms with E-state index in [0.29, 0.717) is 21.0 Å². The topological polar surface area (TPSA) is 69.9 Å². The molecule has 1 aliphatic carbocycles. The number of hydrogen-bond donors (Lipinski definition) is 2. The lowest BCUT2D eigenvalue weighted by molar-refractivity contribution is 0.398. The molecule has 1 heterocycles. The Bertz CT molecular complexity index is 987. The fourth-order valence-electron chi connectivity index (χ4n) is 3.80. The van der Waals surface area contributed by atoms with Crippen LogP contribution in [0, 0.1) is 6.92 Å². The van der Waals surface area contributed by atoms with Crippen LogP contribution in [0.3, 0.4) is 0 Å². The summed E-state index contributed by atoms with van der Waals surface area (Å²) in [6.45, 7) is 2.60. The van der Waals surface area contributed by atoms with Gasteiger partial charge >= 0.3 is 0 Å². The van der Waals surface area contributed by atoms with Crippen LogP contribution in [-0.4, -0.2) is 9.55 Å². The summed E-state index contributed by atoms with van der Waals surface area (Å²) in [7, 11) is 0.655. The number of aryl methyl sites for hydroxylation is 1. The van der Waals surface area contributed by atoms with Crippen molar-refractivity contribution >= 4 is 25.4 Å². The quantitative estimate of drug-likeness (QED) is 0.632. The van der Waals surface area contributed by atoms with E-state index in [0.717, 1.165) is 22.8 Å². The van der Waals surface area contributed by atoms with Crippen LogP contribution >= 0.6 is 8.58 Å². The minimum atomic E-state index is 0.437. The number of rotatable bonds is 6. The molecule has 4 N–H and O–H groups in total. The lowest BCUT2D eigenvalue weighted by atomic mass is 9.85. The second kappa shape index (κ2) is 8.30. The van der Waals surface area contributed by atoms with Crippen molar-refractivity contribution in [2.45, 2.75) is 38.6 Å². The van der Waals surface area contributed by atoms with Gasteiger partial charge in [-0.25, -0.2) is 4.98 Å². The molecule has 0 spiro atoms. The number of nitrogens with two attached hydrogens (primary N) is 2. The molecule has 1 aliphatic rings. The van der Waals surface area contributed by atoms with Crippen LogP contribution in [0.4, 0.5) is 0 Å². The smallest absolute Gasteiger partial charge is 0.116 e. The first-order valence-electron chi connectivity index (χ1n) is 9.83. The molecule has 4 rings (SSSR count). The molecule has 1 saturated carbocycles. The van der Waals surface area contributed by atoms with Gasteiger partial charge < -0.3 is 16.0 Å². The first kappa shape index (κ1) is 18.9. The van der Waals surface area contributed by atoms with E-state index >= 15 is 0 Å². The van der Waals surface area contributed by atoms with Crippen LogP contribution in [0.5, 0.6) is 0 Å². The average Bonchev–Trinajstić information content (AvgIpc) is 2.99. The van der Waals surface area contributed by atoms with Crippen molar-refractivity contribution in [3.8, 4) is 11.3 Å². The Hall–Kier alpha value is -2.42. The average molecular weight is 390 g/mol. The Morgan fingerprint density at radius 1 is 1.14 bits per heavy atom. The van der Waals surface area contributed by atoms with Gasteiger partial charge in [-0.15, -0.1) is 0 Å². The predicted octanol–water partition coefficient (Wildman–Crippen LogP) is 3.60. The van der Waals surface area contributed by atoms with E-state index in [1.807, 2.05) is 6.20 Å². The van der Waals surface area contributed by atoms with E-state index in [1.165, 1.54) is 35.4 Å². The molecule has 1 fully saturated rings. The van der Waals surface area contributed by atoms with E-state index in [1.54, 1.807) is 6.20 Å². The summed E-state index contributed by atoms with van der Waals surface area (Å²) in [6.07, 6.45) is 7.12. The maximum Gasteiger partial charge on any atom is 0.116 e. The maximum absolute atomic E-state index is 6.14. The van der Waals surface area contributed by atoms with Crippen LogP contribution in [-0.2, 0) is 6.54 Å². The van der Waals surface area contributed by atoms with Gasteiger partial charge in [0, 0.05) is 30.4 Å². The van der Waals surface area contributed by atoms with Crippen LogP contribution in [0.1, 0.15) is 42.3 Å². The van der Waals surface area contributed by atoms with Crippen molar-refractivity contribution in [2.75, 3.05) is 0 Å². The molecule has 144 valence electrons. The van der Waals surface area contributed by atoms with Crippen LogP contribution < -0.4 is 22.1 Å². The van der Waals surface area contributed by atoms with Gasteiger partial charge in [0.25, 0.3) is 0 Å². The monoisotopic (exact) mass is 390 g/mol. The molecule has 1 aromatic heterocycles. The lowest BCUT2D eigenvalue weighted by Gasteiger charge is -2.24. The minimum Gasteiger partial charge on any atom is -0.403 e. The molecule has 3 aromatic rings. The normalized spacial score (nSPS) is 14.9. The van der Waals surface area contributed by atoms with Crippen molar-refractivity contribution < 1.29 is 0 Å². The molecule has 5 heteroatoms. The number of nitrogens with zero attached hydrogens (tertiary/aromatic N) is 2. The third-order valence-corrected chi connectivity index (χ3v) is 6.70. The number of hydrogen-bond acceptors (Lipinski definition) is 3. The fourth-order valence-corrected chi connectivity index (χ4v) is 4.95. The largest absolute Gasteiger partial charge is 0.403 e. The van der Waals surface area contributed by atoms with Crippen molar-refractivity contribution in [3.63, 3.8) is 0 Å². The summed E-state index contributed by atoms with van der Waals surface area (Å²) < 4.78 is 2.11. The fraction of sp³-hybridized carbons (Fsp3) is 0.261. The third-order valence-electron chi connectivity index (χ3n) is 5.48. The van der Waals surface area contributed by atoms with E-state index in [-0.39, 0.29) is 0 Å². The summed E-state index contributed by atoms with van der Waals surface area (Å²) in [5.41, 5.74) is 16.3. The van der Waals surface area contributed by atoms with E-state index in [9.17, 15) is 0 Å². The zero-order chi connectivity index (χ0) is 19.5. The lowest BCUT2D eigenvalue weighted by Crippen LogP contribution is -2.15. The highest BCUT2D eigenvalue weighted by Crippen LogP contribution is 2.39. The third kappa shape index (κ3) is 3.63. The molecule has 0 aliphatic heterocycles. The number of aromatic nitrogens is 2. The molecule has 2 aromatic carbocycles. The summed E-state index contributed by atoms with van der Waals surface area (Å²) in [5, 5.41) is 2.68. The van der Waals surface area contributed by atoms with Crippen LogP contribution in [0.15, 0.2) is 54.7 Å².